The summed E-state index contributed by atoms with van der Waals surface area (Å²) in [5.41, 5.74) is 3.19. The number of carbonyl (C=O) groups excluding carboxylic acids is 1. The molecule has 0 aliphatic heterocycles. The van der Waals surface area contributed by atoms with Gasteiger partial charge in [-0.3, -0.25) is 4.79 Å². The van der Waals surface area contributed by atoms with Crippen LogP contribution in [0.3, 0.4) is 0 Å². The van der Waals surface area contributed by atoms with Crippen molar-refractivity contribution in [1.29, 1.82) is 0 Å². The highest BCUT2D eigenvalue weighted by Gasteiger charge is 2.20. The Morgan fingerprint density at radius 2 is 1.91 bits per heavy atom. The van der Waals surface area contributed by atoms with E-state index in [9.17, 15) is 13.2 Å². The number of amides is 1. The SMILES string of the molecule is CC(NC(=O)CCc1nc2cc(S(=O)(=O)N(C)C)ccc2n1C)c1nc2ccccc2[nH]1. The first kappa shape index (κ1) is 22.0. The Morgan fingerprint density at radius 1 is 1.16 bits per heavy atom. The summed E-state index contributed by atoms with van der Waals surface area (Å²) >= 11 is 0. The zero-order valence-corrected chi connectivity index (χ0v) is 19.3. The number of H-pyrrole nitrogens is 1. The molecule has 0 fully saturated rings. The lowest BCUT2D eigenvalue weighted by Crippen LogP contribution is -2.27. The lowest BCUT2D eigenvalue weighted by Gasteiger charge is -2.11. The van der Waals surface area contributed by atoms with E-state index < -0.39 is 10.0 Å². The van der Waals surface area contributed by atoms with Crippen LogP contribution in [-0.2, 0) is 28.3 Å². The lowest BCUT2D eigenvalue weighted by atomic mass is 10.2. The largest absolute Gasteiger partial charge is 0.346 e. The fraction of sp³-hybridized carbons (Fsp3) is 0.318. The van der Waals surface area contributed by atoms with Gasteiger partial charge in [-0.25, -0.2) is 22.7 Å². The van der Waals surface area contributed by atoms with E-state index in [1.165, 1.54) is 18.4 Å². The van der Waals surface area contributed by atoms with Crippen LogP contribution < -0.4 is 5.32 Å². The second-order valence-electron chi connectivity index (χ2n) is 7.95. The number of hydrogen-bond acceptors (Lipinski definition) is 5. The summed E-state index contributed by atoms with van der Waals surface area (Å²) in [6.45, 7) is 1.89. The highest BCUT2D eigenvalue weighted by molar-refractivity contribution is 7.89. The van der Waals surface area contributed by atoms with Gasteiger partial charge in [-0.05, 0) is 37.3 Å². The molecule has 1 unspecified atom stereocenters. The van der Waals surface area contributed by atoms with Crippen LogP contribution >= 0.6 is 0 Å². The Morgan fingerprint density at radius 3 is 2.62 bits per heavy atom. The van der Waals surface area contributed by atoms with E-state index in [2.05, 4.69) is 20.3 Å². The monoisotopic (exact) mass is 454 g/mol. The van der Waals surface area contributed by atoms with E-state index in [1.807, 2.05) is 42.8 Å². The molecule has 1 amide bonds. The van der Waals surface area contributed by atoms with Crippen molar-refractivity contribution in [3.8, 4) is 0 Å². The van der Waals surface area contributed by atoms with Crippen LogP contribution in [0.25, 0.3) is 22.1 Å². The summed E-state index contributed by atoms with van der Waals surface area (Å²) in [4.78, 5) is 25.0. The van der Waals surface area contributed by atoms with Gasteiger partial charge in [0.25, 0.3) is 0 Å². The van der Waals surface area contributed by atoms with Crippen molar-refractivity contribution in [3.05, 3.63) is 54.1 Å². The van der Waals surface area contributed by atoms with Crippen LogP contribution in [0, 0.1) is 0 Å². The normalized spacial score (nSPS) is 13.2. The van der Waals surface area contributed by atoms with Crippen molar-refractivity contribution >= 4 is 38.0 Å². The molecule has 2 aromatic heterocycles. The Bertz CT molecular complexity index is 1370. The number of sulfonamides is 1. The molecule has 168 valence electrons. The molecule has 0 aliphatic rings. The summed E-state index contributed by atoms with van der Waals surface area (Å²) in [5.74, 6) is 1.31. The molecular weight excluding hydrogens is 428 g/mol. The topological polar surface area (TPSA) is 113 Å². The fourth-order valence-corrected chi connectivity index (χ4v) is 4.53. The van der Waals surface area contributed by atoms with E-state index in [0.717, 1.165) is 16.6 Å². The van der Waals surface area contributed by atoms with Crippen molar-refractivity contribution in [2.75, 3.05) is 14.1 Å². The minimum Gasteiger partial charge on any atom is -0.346 e. The maximum atomic E-state index is 12.5. The Balaban J connectivity index is 1.45. The van der Waals surface area contributed by atoms with E-state index in [1.54, 1.807) is 18.2 Å². The van der Waals surface area contributed by atoms with Crippen LogP contribution in [0.15, 0.2) is 47.4 Å². The third-order valence-electron chi connectivity index (χ3n) is 5.49. The van der Waals surface area contributed by atoms with Gasteiger partial charge in [0.05, 0.1) is 33.0 Å². The van der Waals surface area contributed by atoms with Crippen LogP contribution in [0.5, 0.6) is 0 Å². The van der Waals surface area contributed by atoms with Gasteiger partial charge in [0.1, 0.15) is 11.6 Å². The summed E-state index contributed by atoms with van der Waals surface area (Å²) in [5, 5.41) is 2.97. The van der Waals surface area contributed by atoms with Crippen molar-refractivity contribution in [2.24, 2.45) is 7.05 Å². The molecule has 2 aromatic carbocycles. The van der Waals surface area contributed by atoms with Gasteiger partial charge >= 0.3 is 0 Å². The molecule has 0 saturated carbocycles. The average molecular weight is 455 g/mol. The quantitative estimate of drug-likeness (QED) is 0.446. The molecular formula is C22H26N6O3S. The Kier molecular flexibility index (Phi) is 5.74. The van der Waals surface area contributed by atoms with Gasteiger partial charge in [-0.2, -0.15) is 0 Å². The number of carbonyl (C=O) groups is 1. The molecule has 4 aromatic rings. The standard InChI is InChI=1S/C22H26N6O3S/c1-14(22-25-16-7-5-6-8-17(16)26-22)23-21(29)12-11-20-24-18-13-15(32(30,31)27(2)3)9-10-19(18)28(20)4/h5-10,13-14H,11-12H2,1-4H3,(H,23,29)(H,25,26). The summed E-state index contributed by atoms with van der Waals surface area (Å²) in [6.07, 6.45) is 0.685. The van der Waals surface area contributed by atoms with Gasteiger partial charge in [0.15, 0.2) is 0 Å². The third kappa shape index (κ3) is 4.11. The van der Waals surface area contributed by atoms with Crippen LogP contribution in [0.1, 0.15) is 31.0 Å². The van der Waals surface area contributed by atoms with Crippen molar-refractivity contribution < 1.29 is 13.2 Å². The van der Waals surface area contributed by atoms with Gasteiger partial charge in [-0.1, -0.05) is 12.1 Å². The highest BCUT2D eigenvalue weighted by atomic mass is 32.2. The molecule has 32 heavy (non-hydrogen) atoms. The Labute approximate surface area is 186 Å². The molecule has 0 aliphatic carbocycles. The lowest BCUT2D eigenvalue weighted by molar-refractivity contribution is -0.121. The summed E-state index contributed by atoms with van der Waals surface area (Å²) in [6, 6.07) is 12.4. The van der Waals surface area contributed by atoms with Crippen molar-refractivity contribution in [2.45, 2.75) is 30.7 Å². The predicted molar refractivity (Wildman–Crippen MR) is 123 cm³/mol. The summed E-state index contributed by atoms with van der Waals surface area (Å²) in [7, 11) is 1.31. The first-order valence-electron chi connectivity index (χ1n) is 10.3. The number of aromatic amines is 1. The average Bonchev–Trinajstić information content (AvgIpc) is 3.33. The maximum Gasteiger partial charge on any atom is 0.242 e. The van der Waals surface area contributed by atoms with Crippen molar-refractivity contribution in [3.63, 3.8) is 0 Å². The fourth-order valence-electron chi connectivity index (χ4n) is 3.61. The Hall–Kier alpha value is -3.24. The number of aryl methyl sites for hydroxylation is 2. The highest BCUT2D eigenvalue weighted by Crippen LogP contribution is 2.22. The number of hydrogen-bond donors (Lipinski definition) is 2. The zero-order chi connectivity index (χ0) is 23.0. The third-order valence-corrected chi connectivity index (χ3v) is 7.31. The van der Waals surface area contributed by atoms with Gasteiger partial charge in [0.2, 0.25) is 15.9 Å². The van der Waals surface area contributed by atoms with Gasteiger partial charge in [-0.15, -0.1) is 0 Å². The van der Waals surface area contributed by atoms with E-state index in [4.69, 9.17) is 0 Å². The minimum absolute atomic E-state index is 0.110. The molecule has 0 radical (unpaired) electrons. The molecule has 9 nitrogen and oxygen atoms in total. The van der Waals surface area contributed by atoms with E-state index >= 15 is 0 Å². The first-order chi connectivity index (χ1) is 15.2. The maximum absolute atomic E-state index is 12.5. The molecule has 2 heterocycles. The molecule has 1 atom stereocenters. The minimum atomic E-state index is -3.54. The van der Waals surface area contributed by atoms with Crippen LogP contribution in [0.2, 0.25) is 0 Å². The number of nitrogens with zero attached hydrogens (tertiary/aromatic N) is 4. The van der Waals surface area contributed by atoms with Crippen molar-refractivity contribution in [1.82, 2.24) is 29.1 Å². The molecule has 0 bridgehead atoms. The van der Waals surface area contributed by atoms with Gasteiger partial charge < -0.3 is 14.9 Å². The molecule has 0 saturated heterocycles. The number of benzene rings is 2. The van der Waals surface area contributed by atoms with Crippen LogP contribution in [0.4, 0.5) is 0 Å². The van der Waals surface area contributed by atoms with Gasteiger partial charge in [0, 0.05) is 34.0 Å². The molecule has 4 rings (SSSR count). The van der Waals surface area contributed by atoms with Crippen LogP contribution in [-0.4, -0.2) is 52.2 Å². The van der Waals surface area contributed by atoms with E-state index in [0.29, 0.717) is 23.6 Å². The smallest absolute Gasteiger partial charge is 0.242 e. The molecule has 2 N–H and O–H groups in total. The second-order valence-corrected chi connectivity index (χ2v) is 10.1. The number of para-hydroxylation sites is 2. The number of imidazole rings is 2. The number of rotatable bonds is 7. The number of fused-ring (bicyclic) bond motifs is 2. The second kappa shape index (κ2) is 8.36. The summed E-state index contributed by atoms with van der Waals surface area (Å²) < 4.78 is 27.8. The number of nitrogens with one attached hydrogen (secondary N) is 2. The predicted octanol–water partition coefficient (Wildman–Crippen LogP) is 2.51. The van der Waals surface area contributed by atoms with E-state index in [-0.39, 0.29) is 23.3 Å². The first-order valence-corrected chi connectivity index (χ1v) is 11.7. The zero-order valence-electron chi connectivity index (χ0n) is 18.5. The number of aromatic nitrogens is 4. The molecule has 10 heteroatoms. The molecule has 0 spiro atoms.